The van der Waals surface area contributed by atoms with E-state index >= 15 is 0 Å². The van der Waals surface area contributed by atoms with Crippen molar-refractivity contribution in [2.45, 2.75) is 25.5 Å². The van der Waals surface area contributed by atoms with E-state index in [1.165, 1.54) is 6.21 Å². The summed E-state index contributed by atoms with van der Waals surface area (Å²) in [5.74, 6) is 4.29. The van der Waals surface area contributed by atoms with Crippen LogP contribution in [0.2, 0.25) is 0 Å². The molecule has 0 saturated carbocycles. The summed E-state index contributed by atoms with van der Waals surface area (Å²) >= 11 is 0. The minimum atomic E-state index is -0.824. The number of primary amides is 1. The largest absolute Gasteiger partial charge is 0.391 e. The molecule has 3 atom stereocenters. The molecule has 0 rings (SSSR count). The number of hydrogen-bond donors (Lipinski definition) is 3. The Kier molecular flexibility index (Phi) is 5.88. The first-order valence-corrected chi connectivity index (χ1v) is 4.77. The SMILES string of the molecule is C[C@H](C/C=N/N)[C@@H](O)[C@H](C(N)=O)N(C)C. The topological polar surface area (TPSA) is 105 Å². The number of nitrogens with zero attached hydrogens (tertiary/aromatic N) is 2. The lowest BCUT2D eigenvalue weighted by Crippen LogP contribution is -2.51. The molecule has 0 spiro atoms. The van der Waals surface area contributed by atoms with Crippen LogP contribution in [0.1, 0.15) is 13.3 Å². The van der Waals surface area contributed by atoms with E-state index in [0.717, 1.165) is 0 Å². The Morgan fingerprint density at radius 2 is 2.13 bits per heavy atom. The van der Waals surface area contributed by atoms with Crippen molar-refractivity contribution in [3.63, 3.8) is 0 Å². The molecule has 0 unspecified atom stereocenters. The number of aliphatic hydroxyl groups excluding tert-OH is 1. The van der Waals surface area contributed by atoms with Crippen LogP contribution in [-0.2, 0) is 4.79 Å². The Morgan fingerprint density at radius 3 is 2.47 bits per heavy atom. The maximum absolute atomic E-state index is 11.1. The van der Waals surface area contributed by atoms with Gasteiger partial charge in [0.1, 0.15) is 6.04 Å². The zero-order valence-electron chi connectivity index (χ0n) is 9.42. The second-order valence-corrected chi connectivity index (χ2v) is 3.85. The van der Waals surface area contributed by atoms with E-state index in [0.29, 0.717) is 6.42 Å². The summed E-state index contributed by atoms with van der Waals surface area (Å²) < 4.78 is 0. The summed E-state index contributed by atoms with van der Waals surface area (Å²) in [6, 6.07) is -0.689. The van der Waals surface area contributed by atoms with Crippen LogP contribution >= 0.6 is 0 Å². The summed E-state index contributed by atoms with van der Waals surface area (Å²) in [4.78, 5) is 12.7. The van der Waals surface area contributed by atoms with Gasteiger partial charge in [0.25, 0.3) is 0 Å². The Bertz CT molecular complexity index is 230. The van der Waals surface area contributed by atoms with Gasteiger partial charge in [0, 0.05) is 6.21 Å². The van der Waals surface area contributed by atoms with Crippen molar-refractivity contribution in [3.05, 3.63) is 0 Å². The van der Waals surface area contributed by atoms with E-state index in [9.17, 15) is 9.90 Å². The first-order chi connectivity index (χ1) is 6.91. The lowest BCUT2D eigenvalue weighted by atomic mass is 9.94. The third-order valence-corrected chi connectivity index (χ3v) is 2.34. The predicted molar refractivity (Wildman–Crippen MR) is 59.1 cm³/mol. The first-order valence-electron chi connectivity index (χ1n) is 4.77. The van der Waals surface area contributed by atoms with E-state index in [4.69, 9.17) is 11.6 Å². The van der Waals surface area contributed by atoms with Crippen LogP contribution in [0.15, 0.2) is 5.10 Å². The fourth-order valence-corrected chi connectivity index (χ4v) is 1.41. The number of nitrogens with two attached hydrogens (primary N) is 2. The molecule has 0 aliphatic carbocycles. The lowest BCUT2D eigenvalue weighted by Gasteiger charge is -2.29. The zero-order valence-corrected chi connectivity index (χ0v) is 9.42. The van der Waals surface area contributed by atoms with Gasteiger partial charge in [-0.25, -0.2) is 0 Å². The highest BCUT2D eigenvalue weighted by atomic mass is 16.3. The highest BCUT2D eigenvalue weighted by molar-refractivity contribution is 5.80. The average Bonchev–Trinajstić information content (AvgIpc) is 2.12. The maximum atomic E-state index is 11.1. The van der Waals surface area contributed by atoms with Gasteiger partial charge in [-0.3, -0.25) is 9.69 Å². The lowest BCUT2D eigenvalue weighted by molar-refractivity contribution is -0.127. The first kappa shape index (κ1) is 13.9. The van der Waals surface area contributed by atoms with E-state index in [1.54, 1.807) is 19.0 Å². The van der Waals surface area contributed by atoms with Crippen LogP contribution in [0.4, 0.5) is 0 Å². The van der Waals surface area contributed by atoms with Gasteiger partial charge in [0.05, 0.1) is 6.10 Å². The molecule has 0 heterocycles. The van der Waals surface area contributed by atoms with E-state index < -0.39 is 18.1 Å². The van der Waals surface area contributed by atoms with Gasteiger partial charge in [0.15, 0.2) is 0 Å². The summed E-state index contributed by atoms with van der Waals surface area (Å²) in [7, 11) is 3.39. The highest BCUT2D eigenvalue weighted by Crippen LogP contribution is 2.13. The van der Waals surface area contributed by atoms with Crippen molar-refractivity contribution < 1.29 is 9.90 Å². The van der Waals surface area contributed by atoms with E-state index in [1.807, 2.05) is 6.92 Å². The number of amides is 1. The van der Waals surface area contributed by atoms with Crippen LogP contribution in [0.5, 0.6) is 0 Å². The standard InChI is InChI=1S/C9H20N4O2/c1-6(4-5-12-11)8(14)7(9(10)15)13(2)3/h5-8,14H,4,11H2,1-3H3,(H2,10,15)/b12-5+/t6-,7-,8-/m1/s1. The molecule has 0 aromatic carbocycles. The summed E-state index contributed by atoms with van der Waals surface area (Å²) in [5.41, 5.74) is 5.21. The Morgan fingerprint density at radius 1 is 1.60 bits per heavy atom. The smallest absolute Gasteiger partial charge is 0.237 e. The number of hydrogen-bond acceptors (Lipinski definition) is 5. The molecular formula is C9H20N4O2. The van der Waals surface area contributed by atoms with Crippen LogP contribution in [0.3, 0.4) is 0 Å². The summed E-state index contributed by atoms with van der Waals surface area (Å²) in [5, 5.41) is 13.2. The molecule has 6 nitrogen and oxygen atoms in total. The number of hydrazone groups is 1. The van der Waals surface area contributed by atoms with Gasteiger partial charge in [0.2, 0.25) is 5.91 Å². The van der Waals surface area contributed by atoms with Gasteiger partial charge >= 0.3 is 0 Å². The monoisotopic (exact) mass is 216 g/mol. The number of rotatable bonds is 6. The van der Waals surface area contributed by atoms with Crippen molar-refractivity contribution in [3.8, 4) is 0 Å². The molecule has 6 heteroatoms. The molecule has 0 radical (unpaired) electrons. The second kappa shape index (κ2) is 6.36. The van der Waals surface area contributed by atoms with Crippen LogP contribution in [-0.4, -0.2) is 48.4 Å². The van der Waals surface area contributed by atoms with Crippen LogP contribution < -0.4 is 11.6 Å². The molecule has 0 aliphatic rings. The normalized spacial score (nSPS) is 17.9. The van der Waals surface area contributed by atoms with Crippen molar-refractivity contribution in [1.82, 2.24) is 4.90 Å². The van der Waals surface area contributed by atoms with Crippen molar-refractivity contribution >= 4 is 12.1 Å². The van der Waals surface area contributed by atoms with Crippen LogP contribution in [0.25, 0.3) is 0 Å². The molecule has 0 aliphatic heterocycles. The molecule has 0 aromatic heterocycles. The Hall–Kier alpha value is -1.14. The van der Waals surface area contributed by atoms with E-state index in [-0.39, 0.29) is 5.92 Å². The van der Waals surface area contributed by atoms with E-state index in [2.05, 4.69) is 5.10 Å². The van der Waals surface area contributed by atoms with Crippen molar-refractivity contribution in [1.29, 1.82) is 0 Å². The molecule has 0 fully saturated rings. The summed E-state index contributed by atoms with van der Waals surface area (Å²) in [6.07, 6.45) is 1.19. The molecule has 0 aromatic rings. The molecular weight excluding hydrogens is 196 g/mol. The third kappa shape index (κ3) is 4.26. The maximum Gasteiger partial charge on any atom is 0.237 e. The number of aliphatic hydroxyl groups is 1. The fourth-order valence-electron chi connectivity index (χ4n) is 1.41. The van der Waals surface area contributed by atoms with Crippen LogP contribution in [0, 0.1) is 5.92 Å². The zero-order chi connectivity index (χ0) is 12.0. The molecule has 15 heavy (non-hydrogen) atoms. The number of carbonyl (C=O) groups is 1. The fraction of sp³-hybridized carbons (Fsp3) is 0.778. The minimum absolute atomic E-state index is 0.128. The highest BCUT2D eigenvalue weighted by Gasteiger charge is 2.30. The molecule has 88 valence electrons. The second-order valence-electron chi connectivity index (χ2n) is 3.85. The van der Waals surface area contributed by atoms with Gasteiger partial charge in [-0.1, -0.05) is 6.92 Å². The summed E-state index contributed by atoms with van der Waals surface area (Å²) in [6.45, 7) is 1.81. The van der Waals surface area contributed by atoms with Gasteiger partial charge in [-0.05, 0) is 26.4 Å². The Balaban J connectivity index is 4.48. The minimum Gasteiger partial charge on any atom is -0.391 e. The van der Waals surface area contributed by atoms with Gasteiger partial charge in [-0.2, -0.15) is 5.10 Å². The third-order valence-electron chi connectivity index (χ3n) is 2.34. The number of carbonyl (C=O) groups excluding carboxylic acids is 1. The molecule has 5 N–H and O–H groups in total. The Labute approximate surface area is 89.9 Å². The number of likely N-dealkylation sites (N-methyl/N-ethyl adjacent to an activating group) is 1. The predicted octanol–water partition coefficient (Wildman–Crippen LogP) is -1.27. The van der Waals surface area contributed by atoms with Crippen molar-refractivity contribution in [2.75, 3.05) is 14.1 Å². The van der Waals surface area contributed by atoms with Gasteiger partial charge < -0.3 is 16.7 Å². The molecule has 0 saturated heterocycles. The molecule has 0 bridgehead atoms. The quantitative estimate of drug-likeness (QED) is 0.292. The van der Waals surface area contributed by atoms with Gasteiger partial charge in [-0.15, -0.1) is 0 Å². The van der Waals surface area contributed by atoms with Crippen molar-refractivity contribution in [2.24, 2.45) is 22.6 Å². The molecule has 1 amide bonds. The average molecular weight is 216 g/mol.